The van der Waals surface area contributed by atoms with Gasteiger partial charge in [-0.05, 0) is 24.6 Å². The van der Waals surface area contributed by atoms with Gasteiger partial charge in [0.05, 0.1) is 5.75 Å². The maximum atomic E-state index is 12.0. The standard InChI is InChI=1S/C11H14F2N2O4S/c12-11(13)19-9-4-1-3-8(7-9)10(16)15-5-2-6-20(14,17)18/h1,3-4,7,11H,2,5-6H2,(H,15,16)(H2,14,17,18). The van der Waals surface area contributed by atoms with Crippen LogP contribution in [0.4, 0.5) is 8.78 Å². The lowest BCUT2D eigenvalue weighted by Crippen LogP contribution is -2.27. The minimum absolute atomic E-state index is 0.106. The second-order valence-corrected chi connectivity index (χ2v) is 5.62. The van der Waals surface area contributed by atoms with Crippen molar-refractivity contribution in [2.75, 3.05) is 12.3 Å². The van der Waals surface area contributed by atoms with Gasteiger partial charge in [-0.2, -0.15) is 8.78 Å². The average Bonchev–Trinajstić information content (AvgIpc) is 2.32. The summed E-state index contributed by atoms with van der Waals surface area (Å²) in [6.45, 7) is -2.86. The molecule has 0 heterocycles. The number of primary sulfonamides is 1. The van der Waals surface area contributed by atoms with Gasteiger partial charge >= 0.3 is 6.61 Å². The zero-order valence-electron chi connectivity index (χ0n) is 10.4. The SMILES string of the molecule is NS(=O)(=O)CCCNC(=O)c1cccc(OC(F)F)c1. The van der Waals surface area contributed by atoms with Gasteiger partial charge in [0, 0.05) is 12.1 Å². The van der Waals surface area contributed by atoms with Crippen molar-refractivity contribution in [3.05, 3.63) is 29.8 Å². The van der Waals surface area contributed by atoms with Crippen molar-refractivity contribution in [2.45, 2.75) is 13.0 Å². The first kappa shape index (κ1) is 16.3. The number of hydrogen-bond acceptors (Lipinski definition) is 4. The summed E-state index contributed by atoms with van der Waals surface area (Å²) in [7, 11) is -3.56. The summed E-state index contributed by atoms with van der Waals surface area (Å²) >= 11 is 0. The molecule has 0 radical (unpaired) electrons. The Bertz CT molecular complexity index is 563. The lowest BCUT2D eigenvalue weighted by atomic mass is 10.2. The van der Waals surface area contributed by atoms with Crippen LogP contribution in [0.5, 0.6) is 5.75 Å². The van der Waals surface area contributed by atoms with E-state index < -0.39 is 22.5 Å². The molecule has 112 valence electrons. The molecule has 1 aromatic carbocycles. The first-order valence-corrected chi connectivity index (χ1v) is 7.33. The average molecular weight is 308 g/mol. The fourth-order valence-corrected chi connectivity index (χ4v) is 1.94. The third kappa shape index (κ3) is 6.43. The molecule has 0 atom stereocenters. The number of halogens is 2. The Morgan fingerprint density at radius 2 is 2.10 bits per heavy atom. The molecule has 20 heavy (non-hydrogen) atoms. The van der Waals surface area contributed by atoms with E-state index in [4.69, 9.17) is 5.14 Å². The Labute approximate surface area is 115 Å². The first-order valence-electron chi connectivity index (χ1n) is 5.61. The lowest BCUT2D eigenvalue weighted by molar-refractivity contribution is -0.0498. The number of alkyl halides is 2. The second-order valence-electron chi connectivity index (χ2n) is 3.88. The van der Waals surface area contributed by atoms with E-state index in [1.807, 2.05) is 0 Å². The number of carbonyl (C=O) groups is 1. The molecule has 1 amide bonds. The van der Waals surface area contributed by atoms with E-state index >= 15 is 0 Å². The van der Waals surface area contributed by atoms with Gasteiger partial charge in [0.2, 0.25) is 10.0 Å². The summed E-state index contributed by atoms with van der Waals surface area (Å²) in [5, 5.41) is 7.25. The van der Waals surface area contributed by atoms with Crippen molar-refractivity contribution in [2.24, 2.45) is 5.14 Å². The van der Waals surface area contributed by atoms with Crippen LogP contribution >= 0.6 is 0 Å². The number of carbonyl (C=O) groups excluding carboxylic acids is 1. The van der Waals surface area contributed by atoms with Gasteiger partial charge in [0.25, 0.3) is 5.91 Å². The minimum atomic E-state index is -3.56. The molecular weight excluding hydrogens is 294 g/mol. The van der Waals surface area contributed by atoms with Crippen LogP contribution < -0.4 is 15.2 Å². The van der Waals surface area contributed by atoms with Crippen LogP contribution in [0.3, 0.4) is 0 Å². The maximum Gasteiger partial charge on any atom is 0.387 e. The highest BCUT2D eigenvalue weighted by molar-refractivity contribution is 7.89. The highest BCUT2D eigenvalue weighted by Gasteiger charge is 2.09. The quantitative estimate of drug-likeness (QED) is 0.724. The number of benzene rings is 1. The molecule has 0 aliphatic rings. The van der Waals surface area contributed by atoms with Crippen LogP contribution in [0.2, 0.25) is 0 Å². The van der Waals surface area contributed by atoms with E-state index in [2.05, 4.69) is 10.1 Å². The van der Waals surface area contributed by atoms with Crippen molar-refractivity contribution in [1.29, 1.82) is 0 Å². The predicted molar refractivity (Wildman–Crippen MR) is 68.0 cm³/mol. The molecule has 0 saturated heterocycles. The van der Waals surface area contributed by atoms with Crippen LogP contribution in [0, 0.1) is 0 Å². The summed E-state index contributed by atoms with van der Waals surface area (Å²) in [5.41, 5.74) is 0.138. The van der Waals surface area contributed by atoms with Gasteiger partial charge in [-0.25, -0.2) is 13.6 Å². The summed E-state index contributed by atoms with van der Waals surface area (Å²) in [5.74, 6) is -0.890. The van der Waals surface area contributed by atoms with Crippen molar-refractivity contribution < 1.29 is 26.7 Å². The zero-order valence-corrected chi connectivity index (χ0v) is 11.2. The number of rotatable bonds is 7. The van der Waals surface area contributed by atoms with Crippen LogP contribution in [-0.4, -0.2) is 33.2 Å². The monoisotopic (exact) mass is 308 g/mol. The molecule has 0 aromatic heterocycles. The molecule has 3 N–H and O–H groups in total. The summed E-state index contributed by atoms with van der Waals surface area (Å²) in [6.07, 6.45) is 0.164. The van der Waals surface area contributed by atoms with E-state index in [1.54, 1.807) is 0 Å². The minimum Gasteiger partial charge on any atom is -0.435 e. The molecule has 0 unspecified atom stereocenters. The lowest BCUT2D eigenvalue weighted by Gasteiger charge is -2.07. The Morgan fingerprint density at radius 3 is 2.70 bits per heavy atom. The zero-order chi connectivity index (χ0) is 15.2. The molecular formula is C11H14F2N2O4S. The van der Waals surface area contributed by atoms with Crippen molar-refractivity contribution in [3.8, 4) is 5.75 Å². The highest BCUT2D eigenvalue weighted by Crippen LogP contribution is 2.15. The second kappa shape index (κ2) is 7.15. The smallest absolute Gasteiger partial charge is 0.387 e. The summed E-state index contributed by atoms with van der Waals surface area (Å²) < 4.78 is 49.6. The molecule has 1 aromatic rings. The van der Waals surface area contributed by atoms with Crippen LogP contribution in [0.15, 0.2) is 24.3 Å². The van der Waals surface area contributed by atoms with Gasteiger partial charge in [-0.3, -0.25) is 4.79 Å². The number of nitrogens with one attached hydrogen (secondary N) is 1. The van der Waals surface area contributed by atoms with Gasteiger partial charge < -0.3 is 10.1 Å². The van der Waals surface area contributed by atoms with Crippen LogP contribution in [0.25, 0.3) is 0 Å². The number of nitrogens with two attached hydrogens (primary N) is 1. The molecule has 9 heteroatoms. The molecule has 0 spiro atoms. The number of sulfonamides is 1. The highest BCUT2D eigenvalue weighted by atomic mass is 32.2. The maximum absolute atomic E-state index is 12.0. The molecule has 1 rings (SSSR count). The van der Waals surface area contributed by atoms with Crippen LogP contribution in [0.1, 0.15) is 16.8 Å². The Hall–Kier alpha value is -1.74. The van der Waals surface area contributed by atoms with Gasteiger partial charge in [0.15, 0.2) is 0 Å². The Morgan fingerprint density at radius 1 is 1.40 bits per heavy atom. The van der Waals surface area contributed by atoms with E-state index in [-0.39, 0.29) is 30.0 Å². The normalized spacial score (nSPS) is 11.4. The van der Waals surface area contributed by atoms with Crippen molar-refractivity contribution in [1.82, 2.24) is 5.32 Å². The molecule has 0 bridgehead atoms. The topological polar surface area (TPSA) is 98.5 Å². The molecule has 0 fully saturated rings. The van der Waals surface area contributed by atoms with E-state index in [0.717, 1.165) is 0 Å². The van der Waals surface area contributed by atoms with Crippen molar-refractivity contribution in [3.63, 3.8) is 0 Å². The number of hydrogen-bond donors (Lipinski definition) is 2. The first-order chi connectivity index (χ1) is 9.28. The third-order valence-corrected chi connectivity index (χ3v) is 3.07. The third-order valence-electron chi connectivity index (χ3n) is 2.21. The van der Waals surface area contributed by atoms with E-state index in [0.29, 0.717) is 0 Å². The van der Waals surface area contributed by atoms with Crippen LogP contribution in [-0.2, 0) is 10.0 Å². The molecule has 0 saturated carbocycles. The Balaban J connectivity index is 2.51. The van der Waals surface area contributed by atoms with E-state index in [9.17, 15) is 22.0 Å². The molecule has 0 aliphatic heterocycles. The number of ether oxygens (including phenoxy) is 1. The summed E-state index contributed by atoms with van der Waals surface area (Å²) in [6, 6.07) is 5.29. The van der Waals surface area contributed by atoms with Gasteiger partial charge in [-0.1, -0.05) is 6.07 Å². The van der Waals surface area contributed by atoms with E-state index in [1.165, 1.54) is 24.3 Å². The van der Waals surface area contributed by atoms with Crippen molar-refractivity contribution >= 4 is 15.9 Å². The largest absolute Gasteiger partial charge is 0.435 e. The molecule has 0 aliphatic carbocycles. The summed E-state index contributed by atoms with van der Waals surface area (Å²) in [4.78, 5) is 11.7. The Kier molecular flexibility index (Phi) is 5.83. The fourth-order valence-electron chi connectivity index (χ4n) is 1.39. The molecule has 6 nitrogen and oxygen atoms in total. The van der Waals surface area contributed by atoms with Gasteiger partial charge in [0.1, 0.15) is 5.75 Å². The van der Waals surface area contributed by atoms with Gasteiger partial charge in [-0.15, -0.1) is 0 Å². The fraction of sp³-hybridized carbons (Fsp3) is 0.364. The predicted octanol–water partition coefficient (Wildman–Crippen LogP) is 0.696. The number of amides is 1.